The van der Waals surface area contributed by atoms with Crippen molar-refractivity contribution in [1.82, 2.24) is 14.4 Å². The Hall–Kier alpha value is -2.67. The molecule has 0 saturated carbocycles. The van der Waals surface area contributed by atoms with Crippen LogP contribution >= 0.6 is 15.9 Å². The van der Waals surface area contributed by atoms with E-state index in [1.54, 1.807) is 6.08 Å². The number of halogens is 1. The van der Waals surface area contributed by atoms with Gasteiger partial charge in [0.1, 0.15) is 5.57 Å². The summed E-state index contributed by atoms with van der Waals surface area (Å²) in [5, 5.41) is 0. The lowest BCUT2D eigenvalue weighted by atomic mass is 10.1. The minimum Gasteiger partial charge on any atom is -0.318 e. The number of hydrogen-bond acceptors (Lipinski definition) is 3. The van der Waals surface area contributed by atoms with Gasteiger partial charge in [-0.25, -0.2) is 4.79 Å². The molecule has 0 N–H and O–H groups in total. The van der Waals surface area contributed by atoms with E-state index >= 15 is 0 Å². The number of urea groups is 1. The molecule has 1 aliphatic heterocycles. The van der Waals surface area contributed by atoms with Crippen molar-refractivity contribution in [3.8, 4) is 5.69 Å². The van der Waals surface area contributed by atoms with E-state index in [0.29, 0.717) is 0 Å². The summed E-state index contributed by atoms with van der Waals surface area (Å²) in [6.45, 7) is 3.89. The van der Waals surface area contributed by atoms with Crippen LogP contribution in [0.5, 0.6) is 0 Å². The number of imide groups is 2. The minimum absolute atomic E-state index is 0.0240. The Morgan fingerprint density at radius 1 is 0.962 bits per heavy atom. The Kier molecular flexibility index (Phi) is 4.58. The zero-order valence-electron chi connectivity index (χ0n) is 14.9. The van der Waals surface area contributed by atoms with Gasteiger partial charge in [0, 0.05) is 35.6 Å². The first-order valence-electron chi connectivity index (χ1n) is 7.99. The number of rotatable bonds is 2. The third-order valence-corrected chi connectivity index (χ3v) is 4.97. The van der Waals surface area contributed by atoms with Gasteiger partial charge in [-0.3, -0.25) is 19.4 Å². The molecule has 0 atom stereocenters. The highest BCUT2D eigenvalue weighted by Gasteiger charge is 2.37. The number of amides is 4. The van der Waals surface area contributed by atoms with Gasteiger partial charge in [0.15, 0.2) is 0 Å². The Morgan fingerprint density at radius 3 is 2.15 bits per heavy atom. The van der Waals surface area contributed by atoms with E-state index < -0.39 is 17.8 Å². The van der Waals surface area contributed by atoms with E-state index in [4.69, 9.17) is 0 Å². The van der Waals surface area contributed by atoms with Crippen LogP contribution in [0.4, 0.5) is 4.79 Å². The van der Waals surface area contributed by atoms with E-state index in [-0.39, 0.29) is 5.57 Å². The molecule has 1 aromatic heterocycles. The van der Waals surface area contributed by atoms with E-state index in [0.717, 1.165) is 36.9 Å². The first-order chi connectivity index (χ1) is 12.2. The largest absolute Gasteiger partial charge is 0.333 e. The molecule has 0 aliphatic carbocycles. The topological polar surface area (TPSA) is 62.6 Å². The van der Waals surface area contributed by atoms with Crippen molar-refractivity contribution in [2.24, 2.45) is 0 Å². The molecule has 0 unspecified atom stereocenters. The molecule has 3 rings (SSSR count). The molecular formula is C19H18BrN3O3. The van der Waals surface area contributed by atoms with Gasteiger partial charge in [-0.15, -0.1) is 0 Å². The lowest BCUT2D eigenvalue weighted by molar-refractivity contribution is -0.134. The minimum atomic E-state index is -0.628. The summed E-state index contributed by atoms with van der Waals surface area (Å²) in [5.74, 6) is -1.18. The highest BCUT2D eigenvalue weighted by atomic mass is 79.9. The van der Waals surface area contributed by atoms with Crippen LogP contribution in [0.1, 0.15) is 17.0 Å². The standard InChI is InChI=1S/C19H18BrN3O3/c1-11-8-13(12(2)23(11)15-7-5-6-14(20)10-15)9-16-17(24)21(3)19(26)22(4)18(16)25/h5-10H,1-4H3. The average Bonchev–Trinajstić information content (AvgIpc) is 2.88. The molecule has 1 saturated heterocycles. The monoisotopic (exact) mass is 415 g/mol. The Labute approximate surface area is 159 Å². The van der Waals surface area contributed by atoms with Crippen molar-refractivity contribution in [2.45, 2.75) is 13.8 Å². The fourth-order valence-electron chi connectivity index (χ4n) is 3.08. The number of likely N-dealkylation sites (N-methyl/N-ethyl adjacent to an activating group) is 2. The molecule has 26 heavy (non-hydrogen) atoms. The summed E-state index contributed by atoms with van der Waals surface area (Å²) in [5.41, 5.74) is 3.58. The van der Waals surface area contributed by atoms with Crippen molar-refractivity contribution in [3.05, 3.63) is 57.3 Å². The number of aromatic nitrogens is 1. The molecule has 134 valence electrons. The number of carbonyl (C=O) groups is 3. The lowest BCUT2D eigenvalue weighted by Gasteiger charge is -2.28. The molecule has 0 radical (unpaired) electrons. The molecular weight excluding hydrogens is 398 g/mol. The van der Waals surface area contributed by atoms with Crippen LogP contribution in [0.25, 0.3) is 11.8 Å². The van der Waals surface area contributed by atoms with Gasteiger partial charge in [0.25, 0.3) is 11.8 Å². The average molecular weight is 416 g/mol. The van der Waals surface area contributed by atoms with E-state index in [9.17, 15) is 14.4 Å². The van der Waals surface area contributed by atoms with Crippen LogP contribution in [0.3, 0.4) is 0 Å². The Balaban J connectivity index is 2.10. The summed E-state index contributed by atoms with van der Waals surface area (Å²) in [4.78, 5) is 38.5. The zero-order valence-corrected chi connectivity index (χ0v) is 16.5. The summed E-state index contributed by atoms with van der Waals surface area (Å²) < 4.78 is 3.01. The van der Waals surface area contributed by atoms with E-state index in [2.05, 4.69) is 15.9 Å². The van der Waals surface area contributed by atoms with Gasteiger partial charge in [0.2, 0.25) is 0 Å². The maximum absolute atomic E-state index is 12.4. The van der Waals surface area contributed by atoms with Gasteiger partial charge >= 0.3 is 6.03 Å². The van der Waals surface area contributed by atoms with Gasteiger partial charge < -0.3 is 4.57 Å². The molecule has 4 amide bonds. The molecule has 2 heterocycles. The summed E-state index contributed by atoms with van der Waals surface area (Å²) in [6, 6.07) is 9.16. The number of barbiturate groups is 1. The number of hydrogen-bond donors (Lipinski definition) is 0. The molecule has 1 fully saturated rings. The van der Waals surface area contributed by atoms with Crippen LogP contribution in [0, 0.1) is 13.8 Å². The number of nitrogens with zero attached hydrogens (tertiary/aromatic N) is 3. The van der Waals surface area contributed by atoms with Crippen LogP contribution < -0.4 is 0 Å². The third-order valence-electron chi connectivity index (χ3n) is 4.48. The molecule has 1 aliphatic rings. The van der Waals surface area contributed by atoms with Gasteiger partial charge in [0.05, 0.1) is 0 Å². The maximum atomic E-state index is 12.4. The molecule has 1 aromatic carbocycles. The molecule has 0 spiro atoms. The zero-order chi connectivity index (χ0) is 19.2. The Morgan fingerprint density at radius 2 is 1.58 bits per heavy atom. The second kappa shape index (κ2) is 6.57. The first-order valence-corrected chi connectivity index (χ1v) is 8.78. The van der Waals surface area contributed by atoms with Gasteiger partial charge in [-0.05, 0) is 49.8 Å². The van der Waals surface area contributed by atoms with Crippen molar-refractivity contribution in [2.75, 3.05) is 14.1 Å². The number of carbonyl (C=O) groups excluding carboxylic acids is 3. The van der Waals surface area contributed by atoms with E-state index in [1.165, 1.54) is 14.1 Å². The SMILES string of the molecule is Cc1cc(C=C2C(=O)N(C)C(=O)N(C)C2=O)c(C)n1-c1cccc(Br)c1. The van der Waals surface area contributed by atoms with Crippen LogP contribution in [-0.4, -0.2) is 46.3 Å². The van der Waals surface area contributed by atoms with Crippen molar-refractivity contribution >= 4 is 39.9 Å². The quantitative estimate of drug-likeness (QED) is 0.558. The highest BCUT2D eigenvalue weighted by Crippen LogP contribution is 2.26. The van der Waals surface area contributed by atoms with Crippen molar-refractivity contribution in [1.29, 1.82) is 0 Å². The fraction of sp³-hybridized carbons (Fsp3) is 0.211. The Bertz CT molecular complexity index is 948. The molecule has 0 bridgehead atoms. The first kappa shape index (κ1) is 18.1. The van der Waals surface area contributed by atoms with Crippen LogP contribution in [-0.2, 0) is 9.59 Å². The van der Waals surface area contributed by atoms with Gasteiger partial charge in [-0.2, -0.15) is 0 Å². The van der Waals surface area contributed by atoms with Gasteiger partial charge in [-0.1, -0.05) is 22.0 Å². The second-order valence-corrected chi connectivity index (χ2v) is 7.13. The van der Waals surface area contributed by atoms with Crippen molar-refractivity contribution in [3.63, 3.8) is 0 Å². The smallest absolute Gasteiger partial charge is 0.318 e. The lowest BCUT2D eigenvalue weighted by Crippen LogP contribution is -2.52. The predicted octanol–water partition coefficient (Wildman–Crippen LogP) is 3.29. The molecule has 2 aromatic rings. The van der Waals surface area contributed by atoms with Crippen LogP contribution in [0.15, 0.2) is 40.4 Å². The maximum Gasteiger partial charge on any atom is 0.333 e. The third kappa shape index (κ3) is 2.88. The number of benzene rings is 1. The predicted molar refractivity (Wildman–Crippen MR) is 102 cm³/mol. The van der Waals surface area contributed by atoms with Crippen molar-refractivity contribution < 1.29 is 14.4 Å². The fourth-order valence-corrected chi connectivity index (χ4v) is 3.46. The number of aryl methyl sites for hydroxylation is 1. The van der Waals surface area contributed by atoms with Crippen LogP contribution in [0.2, 0.25) is 0 Å². The second-order valence-electron chi connectivity index (χ2n) is 6.21. The molecule has 6 nitrogen and oxygen atoms in total. The summed E-state index contributed by atoms with van der Waals surface area (Å²) in [6.07, 6.45) is 1.56. The highest BCUT2D eigenvalue weighted by molar-refractivity contribution is 9.10. The van der Waals surface area contributed by atoms with E-state index in [1.807, 2.05) is 48.7 Å². The molecule has 7 heteroatoms. The summed E-state index contributed by atoms with van der Waals surface area (Å²) in [7, 11) is 2.73. The summed E-state index contributed by atoms with van der Waals surface area (Å²) >= 11 is 3.47. The normalized spacial score (nSPS) is 15.1.